The average Bonchev–Trinajstić information content (AvgIpc) is 2.54. The summed E-state index contributed by atoms with van der Waals surface area (Å²) in [6, 6.07) is 6.90. The number of aromatic amines is 1. The van der Waals surface area contributed by atoms with Gasteiger partial charge in [-0.15, -0.1) is 0 Å². The van der Waals surface area contributed by atoms with Crippen LogP contribution in [0.25, 0.3) is 22.6 Å². The molecular formula is C15H10N6O2. The lowest BCUT2D eigenvalue weighted by Crippen LogP contribution is -2.28. The topological polar surface area (TPSA) is 128 Å². The van der Waals surface area contributed by atoms with Crippen LogP contribution >= 0.6 is 0 Å². The van der Waals surface area contributed by atoms with E-state index >= 15 is 0 Å². The fraction of sp³-hybridized carbons (Fsp3) is 0.200. The Morgan fingerprint density at radius 1 is 1.17 bits per heavy atom. The van der Waals surface area contributed by atoms with E-state index in [2.05, 4.69) is 15.0 Å². The fourth-order valence-corrected chi connectivity index (χ4v) is 2.48. The molecule has 0 fully saturated rings. The van der Waals surface area contributed by atoms with Gasteiger partial charge < -0.3 is 4.57 Å². The van der Waals surface area contributed by atoms with Gasteiger partial charge in [-0.1, -0.05) is 6.92 Å². The summed E-state index contributed by atoms with van der Waals surface area (Å²) in [6.45, 7) is 2.42. The first kappa shape index (κ1) is 14.4. The van der Waals surface area contributed by atoms with Crippen molar-refractivity contribution in [2.24, 2.45) is 0 Å². The van der Waals surface area contributed by atoms with Crippen molar-refractivity contribution < 1.29 is 0 Å². The Kier molecular flexibility index (Phi) is 3.36. The van der Waals surface area contributed by atoms with Crippen LogP contribution in [0, 0.1) is 22.7 Å². The lowest BCUT2D eigenvalue weighted by molar-refractivity contribution is 0.684. The Morgan fingerprint density at radius 3 is 2.52 bits per heavy atom. The number of benzene rings is 1. The predicted molar refractivity (Wildman–Crippen MR) is 80.8 cm³/mol. The van der Waals surface area contributed by atoms with Crippen LogP contribution in [0.3, 0.4) is 0 Å². The SMILES string of the molecule is CCCn1c2nc(=O)[nH]c(=O)c-2nc2cc(C#N)c(C#N)cc21. The number of aryl methyl sites for hydroxylation is 1. The summed E-state index contributed by atoms with van der Waals surface area (Å²) in [6.07, 6.45) is 0.726. The van der Waals surface area contributed by atoms with Crippen molar-refractivity contribution in [2.45, 2.75) is 19.9 Å². The Bertz CT molecular complexity index is 1100. The third-order valence-electron chi connectivity index (χ3n) is 3.44. The molecule has 2 heterocycles. The van der Waals surface area contributed by atoms with Crippen LogP contribution in [0.5, 0.6) is 0 Å². The molecule has 3 rings (SSSR count). The van der Waals surface area contributed by atoms with E-state index in [1.807, 2.05) is 19.1 Å². The van der Waals surface area contributed by atoms with Crippen molar-refractivity contribution in [1.29, 1.82) is 10.5 Å². The summed E-state index contributed by atoms with van der Waals surface area (Å²) in [4.78, 5) is 33.7. The lowest BCUT2D eigenvalue weighted by atomic mass is 10.1. The zero-order valence-corrected chi connectivity index (χ0v) is 12.1. The van der Waals surface area contributed by atoms with Gasteiger partial charge in [-0.2, -0.15) is 15.5 Å². The van der Waals surface area contributed by atoms with Crippen LogP contribution in [0.15, 0.2) is 21.7 Å². The quantitative estimate of drug-likeness (QED) is 0.695. The highest BCUT2D eigenvalue weighted by atomic mass is 16.2. The second-order valence-corrected chi connectivity index (χ2v) is 4.92. The smallest absolute Gasteiger partial charge is 0.322 e. The molecule has 0 aromatic heterocycles. The second-order valence-electron chi connectivity index (χ2n) is 4.92. The lowest BCUT2D eigenvalue weighted by Gasteiger charge is -2.16. The van der Waals surface area contributed by atoms with E-state index in [0.717, 1.165) is 6.42 Å². The van der Waals surface area contributed by atoms with Gasteiger partial charge in [0.25, 0.3) is 5.56 Å². The van der Waals surface area contributed by atoms with Gasteiger partial charge in [-0.3, -0.25) is 9.78 Å². The molecule has 2 aliphatic heterocycles. The van der Waals surface area contributed by atoms with Gasteiger partial charge in [-0.25, -0.2) is 9.78 Å². The highest BCUT2D eigenvalue weighted by Crippen LogP contribution is 2.24. The van der Waals surface area contributed by atoms with Gasteiger partial charge in [0, 0.05) is 6.54 Å². The van der Waals surface area contributed by atoms with Crippen LogP contribution in [-0.2, 0) is 6.54 Å². The molecule has 0 bridgehead atoms. The van der Waals surface area contributed by atoms with E-state index in [9.17, 15) is 14.9 Å². The van der Waals surface area contributed by atoms with Crippen molar-refractivity contribution >= 4 is 11.0 Å². The first-order valence-electron chi connectivity index (χ1n) is 6.88. The van der Waals surface area contributed by atoms with Crippen molar-refractivity contribution in [3.8, 4) is 23.7 Å². The minimum absolute atomic E-state index is 0.0270. The van der Waals surface area contributed by atoms with Crippen molar-refractivity contribution in [3.63, 3.8) is 0 Å². The van der Waals surface area contributed by atoms with Crippen LogP contribution in [0.1, 0.15) is 24.5 Å². The maximum Gasteiger partial charge on any atom is 0.349 e. The molecule has 1 N–H and O–H groups in total. The molecule has 23 heavy (non-hydrogen) atoms. The molecule has 0 aliphatic carbocycles. The number of rotatable bonds is 2. The largest absolute Gasteiger partial charge is 0.349 e. The van der Waals surface area contributed by atoms with E-state index in [1.54, 1.807) is 4.57 Å². The van der Waals surface area contributed by atoms with Crippen LogP contribution in [0.4, 0.5) is 0 Å². The number of nitrogens with zero attached hydrogens (tertiary/aromatic N) is 5. The summed E-state index contributed by atoms with van der Waals surface area (Å²) < 4.78 is 1.68. The van der Waals surface area contributed by atoms with Crippen molar-refractivity contribution in [3.05, 3.63) is 44.1 Å². The number of nitriles is 2. The normalized spacial score (nSPS) is 10.6. The Labute approximate surface area is 129 Å². The number of fused-ring (bicyclic) bond motifs is 2. The van der Waals surface area contributed by atoms with E-state index in [0.29, 0.717) is 17.6 Å². The first-order valence-corrected chi connectivity index (χ1v) is 6.88. The summed E-state index contributed by atoms with van der Waals surface area (Å²) in [5.41, 5.74) is -0.0193. The second kappa shape index (κ2) is 5.35. The zero-order valence-electron chi connectivity index (χ0n) is 12.1. The first-order chi connectivity index (χ1) is 11.1. The minimum atomic E-state index is -0.748. The molecule has 1 aromatic carbocycles. The Morgan fingerprint density at radius 2 is 1.87 bits per heavy atom. The van der Waals surface area contributed by atoms with Gasteiger partial charge in [0.05, 0.1) is 22.2 Å². The maximum absolute atomic E-state index is 12.0. The molecule has 0 saturated carbocycles. The molecule has 0 atom stereocenters. The van der Waals surface area contributed by atoms with Crippen molar-refractivity contribution in [2.75, 3.05) is 0 Å². The van der Waals surface area contributed by atoms with Gasteiger partial charge in [0.1, 0.15) is 12.1 Å². The van der Waals surface area contributed by atoms with E-state index in [1.165, 1.54) is 12.1 Å². The molecule has 0 saturated heterocycles. The molecule has 0 spiro atoms. The van der Waals surface area contributed by atoms with Crippen LogP contribution < -0.4 is 11.2 Å². The third-order valence-corrected chi connectivity index (χ3v) is 3.44. The zero-order chi connectivity index (χ0) is 16.6. The highest BCUT2D eigenvalue weighted by Gasteiger charge is 2.19. The van der Waals surface area contributed by atoms with Gasteiger partial charge in [0.2, 0.25) is 0 Å². The average molecular weight is 306 g/mol. The van der Waals surface area contributed by atoms with E-state index in [-0.39, 0.29) is 22.6 Å². The fourth-order valence-electron chi connectivity index (χ4n) is 2.48. The minimum Gasteiger partial charge on any atom is -0.322 e. The van der Waals surface area contributed by atoms with Gasteiger partial charge >= 0.3 is 5.69 Å². The molecule has 112 valence electrons. The third kappa shape index (κ3) is 2.23. The van der Waals surface area contributed by atoms with Gasteiger partial charge in [-0.05, 0) is 18.6 Å². The van der Waals surface area contributed by atoms with Gasteiger partial charge in [0.15, 0.2) is 11.5 Å². The maximum atomic E-state index is 12.0. The molecule has 0 radical (unpaired) electrons. The summed E-state index contributed by atoms with van der Waals surface area (Å²) in [7, 11) is 0. The van der Waals surface area contributed by atoms with Crippen LogP contribution in [-0.4, -0.2) is 19.5 Å². The molecular weight excluding hydrogens is 296 g/mol. The van der Waals surface area contributed by atoms with Crippen molar-refractivity contribution in [1.82, 2.24) is 19.5 Å². The molecule has 0 unspecified atom stereocenters. The molecule has 8 nitrogen and oxygen atoms in total. The Hall–Kier alpha value is -3.52. The number of hydrogen-bond acceptors (Lipinski definition) is 6. The standard InChI is InChI=1S/C15H10N6O2/c1-2-3-21-11-5-9(7-17)8(6-16)4-10(11)18-12-13(21)19-15(23)20-14(12)22/h4-5H,2-3H2,1H3,(H,20,22,23). The number of H-pyrrole nitrogens is 1. The molecule has 1 aromatic rings. The molecule has 2 aliphatic rings. The summed E-state index contributed by atoms with van der Waals surface area (Å²) in [5, 5.41) is 18.3. The van der Waals surface area contributed by atoms with E-state index in [4.69, 9.17) is 5.26 Å². The summed E-state index contributed by atoms with van der Waals surface area (Å²) in [5.74, 6) is 0.168. The molecule has 8 heteroatoms. The highest BCUT2D eigenvalue weighted by molar-refractivity contribution is 5.82. The number of hydrogen-bond donors (Lipinski definition) is 1. The van der Waals surface area contributed by atoms with Crippen LogP contribution in [0.2, 0.25) is 0 Å². The predicted octanol–water partition coefficient (Wildman–Crippen LogP) is 0.738. The number of nitrogens with one attached hydrogen (secondary N) is 1. The molecule has 0 amide bonds. The number of aromatic nitrogens is 4. The summed E-state index contributed by atoms with van der Waals surface area (Å²) >= 11 is 0. The van der Waals surface area contributed by atoms with E-state index < -0.39 is 11.2 Å². The Balaban J connectivity index is 2.57. The monoisotopic (exact) mass is 306 g/mol.